The van der Waals surface area contributed by atoms with E-state index < -0.39 is 11.3 Å². The van der Waals surface area contributed by atoms with Crippen molar-refractivity contribution in [1.29, 1.82) is 0 Å². The first kappa shape index (κ1) is 9.21. The average molecular weight is 189 g/mol. The molecule has 0 aromatic carbocycles. The highest BCUT2D eigenvalue weighted by Crippen LogP contribution is 2.18. The SMILES string of the molecule is Cc1nn(C)c(C)c1NS(=O)O. The zero-order valence-corrected chi connectivity index (χ0v) is 7.97. The fourth-order valence-electron chi connectivity index (χ4n) is 1.01. The molecule has 0 saturated carbocycles. The van der Waals surface area contributed by atoms with E-state index >= 15 is 0 Å². The Morgan fingerprint density at radius 2 is 2.17 bits per heavy atom. The number of anilines is 1. The second-order valence-electron chi connectivity index (χ2n) is 2.52. The summed E-state index contributed by atoms with van der Waals surface area (Å²) >= 11 is -2.03. The third-order valence-electron chi connectivity index (χ3n) is 1.70. The standard InChI is InChI=1S/C6H11N3O2S/c1-4-6(8-12(10)11)5(2)9(3)7-4/h8H,1-3H3,(H,10,11). The van der Waals surface area contributed by atoms with Gasteiger partial charge in [0, 0.05) is 7.05 Å². The summed E-state index contributed by atoms with van der Waals surface area (Å²) in [6.45, 7) is 3.61. The van der Waals surface area contributed by atoms with Gasteiger partial charge in [0.1, 0.15) is 0 Å². The van der Waals surface area contributed by atoms with E-state index in [1.807, 2.05) is 6.92 Å². The van der Waals surface area contributed by atoms with Crippen LogP contribution in [0.2, 0.25) is 0 Å². The van der Waals surface area contributed by atoms with Gasteiger partial charge in [0.2, 0.25) is 0 Å². The molecule has 1 atom stereocenters. The minimum absolute atomic E-state index is 0.623. The average Bonchev–Trinajstić information content (AvgIpc) is 2.16. The predicted molar refractivity (Wildman–Crippen MR) is 47.1 cm³/mol. The van der Waals surface area contributed by atoms with Gasteiger partial charge < -0.3 is 0 Å². The maximum absolute atomic E-state index is 10.4. The highest BCUT2D eigenvalue weighted by Gasteiger charge is 2.09. The quantitative estimate of drug-likeness (QED) is 0.669. The second kappa shape index (κ2) is 3.24. The molecule has 1 aromatic rings. The first-order chi connectivity index (χ1) is 5.52. The molecule has 12 heavy (non-hydrogen) atoms. The van der Waals surface area contributed by atoms with Gasteiger partial charge in [-0.3, -0.25) is 14.0 Å². The molecule has 2 N–H and O–H groups in total. The van der Waals surface area contributed by atoms with Crippen LogP contribution in [0.25, 0.3) is 0 Å². The topological polar surface area (TPSA) is 67.2 Å². The summed E-state index contributed by atoms with van der Waals surface area (Å²) in [5, 5.41) is 4.07. The van der Waals surface area contributed by atoms with Gasteiger partial charge in [0.05, 0.1) is 17.1 Å². The largest absolute Gasteiger partial charge is 0.289 e. The Balaban J connectivity index is 3.05. The molecular weight excluding hydrogens is 178 g/mol. The molecule has 0 aliphatic rings. The van der Waals surface area contributed by atoms with E-state index in [1.165, 1.54) is 0 Å². The van der Waals surface area contributed by atoms with Crippen molar-refractivity contribution in [2.24, 2.45) is 7.05 Å². The number of nitrogens with one attached hydrogen (secondary N) is 1. The normalized spacial score (nSPS) is 13.0. The summed E-state index contributed by atoms with van der Waals surface area (Å²) in [5.41, 5.74) is 2.19. The van der Waals surface area contributed by atoms with Crippen molar-refractivity contribution in [2.75, 3.05) is 4.72 Å². The molecule has 1 unspecified atom stereocenters. The summed E-state index contributed by atoms with van der Waals surface area (Å²) in [5.74, 6) is 0. The van der Waals surface area contributed by atoms with E-state index in [0.717, 1.165) is 11.4 Å². The second-order valence-corrected chi connectivity index (χ2v) is 3.22. The number of aromatic nitrogens is 2. The maximum atomic E-state index is 10.4. The molecular formula is C6H11N3O2S. The van der Waals surface area contributed by atoms with Crippen LogP contribution in [0.1, 0.15) is 11.4 Å². The Morgan fingerprint density at radius 3 is 2.50 bits per heavy atom. The van der Waals surface area contributed by atoms with Gasteiger partial charge in [-0.1, -0.05) is 0 Å². The van der Waals surface area contributed by atoms with Crippen molar-refractivity contribution in [3.05, 3.63) is 11.4 Å². The molecule has 0 radical (unpaired) electrons. The minimum atomic E-state index is -2.03. The predicted octanol–water partition coefficient (Wildman–Crippen LogP) is 0.586. The third-order valence-corrected chi connectivity index (χ3v) is 2.08. The van der Waals surface area contributed by atoms with E-state index in [2.05, 4.69) is 9.82 Å². The van der Waals surface area contributed by atoms with Crippen molar-refractivity contribution in [2.45, 2.75) is 13.8 Å². The lowest BCUT2D eigenvalue weighted by molar-refractivity contribution is 0.570. The van der Waals surface area contributed by atoms with Crippen molar-refractivity contribution in [1.82, 2.24) is 9.78 Å². The van der Waals surface area contributed by atoms with Gasteiger partial charge in [-0.25, -0.2) is 4.21 Å². The van der Waals surface area contributed by atoms with Crippen LogP contribution in [-0.2, 0) is 18.3 Å². The fourth-order valence-corrected chi connectivity index (χ4v) is 1.48. The van der Waals surface area contributed by atoms with Crippen LogP contribution >= 0.6 is 0 Å². The molecule has 0 aliphatic carbocycles. The first-order valence-corrected chi connectivity index (χ1v) is 4.50. The van der Waals surface area contributed by atoms with Crippen molar-refractivity contribution >= 4 is 17.0 Å². The molecule has 1 heterocycles. The Morgan fingerprint density at radius 1 is 1.58 bits per heavy atom. The lowest BCUT2D eigenvalue weighted by atomic mass is 10.3. The van der Waals surface area contributed by atoms with Crippen molar-refractivity contribution in [3.8, 4) is 0 Å². The van der Waals surface area contributed by atoms with E-state index in [0.29, 0.717) is 5.69 Å². The van der Waals surface area contributed by atoms with Crippen LogP contribution in [0, 0.1) is 13.8 Å². The fraction of sp³-hybridized carbons (Fsp3) is 0.500. The van der Waals surface area contributed by atoms with E-state index in [4.69, 9.17) is 4.55 Å². The van der Waals surface area contributed by atoms with E-state index in [1.54, 1.807) is 18.7 Å². The maximum Gasteiger partial charge on any atom is 0.259 e. The Hall–Kier alpha value is -0.880. The van der Waals surface area contributed by atoms with Crippen LogP contribution < -0.4 is 4.72 Å². The number of rotatable bonds is 2. The number of hydrogen-bond acceptors (Lipinski definition) is 2. The molecule has 0 bridgehead atoms. The van der Waals surface area contributed by atoms with Crippen LogP contribution in [0.15, 0.2) is 0 Å². The molecule has 0 amide bonds. The van der Waals surface area contributed by atoms with Gasteiger partial charge >= 0.3 is 0 Å². The van der Waals surface area contributed by atoms with E-state index in [9.17, 15) is 4.21 Å². The Bertz CT molecular complexity index is 321. The lowest BCUT2D eigenvalue weighted by Crippen LogP contribution is -2.03. The third kappa shape index (κ3) is 1.64. The van der Waals surface area contributed by atoms with Crippen LogP contribution in [0.5, 0.6) is 0 Å². The molecule has 5 nitrogen and oxygen atoms in total. The smallest absolute Gasteiger partial charge is 0.259 e. The Kier molecular flexibility index (Phi) is 2.49. The molecule has 0 fully saturated rings. The molecule has 0 spiro atoms. The summed E-state index contributed by atoms with van der Waals surface area (Å²) in [4.78, 5) is 0. The molecule has 0 saturated heterocycles. The molecule has 68 valence electrons. The number of nitrogens with zero attached hydrogens (tertiary/aromatic N) is 2. The zero-order chi connectivity index (χ0) is 9.30. The summed E-state index contributed by atoms with van der Waals surface area (Å²) in [6.07, 6.45) is 0. The van der Waals surface area contributed by atoms with E-state index in [-0.39, 0.29) is 0 Å². The van der Waals surface area contributed by atoms with Gasteiger partial charge in [0.15, 0.2) is 0 Å². The van der Waals surface area contributed by atoms with Gasteiger partial charge in [-0.2, -0.15) is 5.10 Å². The van der Waals surface area contributed by atoms with Gasteiger partial charge in [0.25, 0.3) is 11.3 Å². The first-order valence-electron chi connectivity index (χ1n) is 3.40. The number of hydrogen-bond donors (Lipinski definition) is 2. The minimum Gasteiger partial charge on any atom is -0.289 e. The Labute approximate surface area is 73.2 Å². The molecule has 1 rings (SSSR count). The van der Waals surface area contributed by atoms with Gasteiger partial charge in [-0.05, 0) is 13.8 Å². The summed E-state index contributed by atoms with van der Waals surface area (Å²) in [7, 11) is 1.79. The lowest BCUT2D eigenvalue weighted by Gasteiger charge is -1.99. The highest BCUT2D eigenvalue weighted by molar-refractivity contribution is 7.80. The monoisotopic (exact) mass is 189 g/mol. The molecule has 0 aliphatic heterocycles. The molecule has 1 aromatic heterocycles. The van der Waals surface area contributed by atoms with Crippen molar-refractivity contribution in [3.63, 3.8) is 0 Å². The van der Waals surface area contributed by atoms with Crippen LogP contribution in [0.4, 0.5) is 5.69 Å². The molecule has 6 heteroatoms. The highest BCUT2D eigenvalue weighted by atomic mass is 32.2. The summed E-state index contributed by atoms with van der Waals surface area (Å²) < 4.78 is 23.1. The van der Waals surface area contributed by atoms with Crippen LogP contribution in [0.3, 0.4) is 0 Å². The van der Waals surface area contributed by atoms with Crippen LogP contribution in [-0.4, -0.2) is 18.5 Å². The summed E-state index contributed by atoms with van der Waals surface area (Å²) in [6, 6.07) is 0. The van der Waals surface area contributed by atoms with Crippen molar-refractivity contribution < 1.29 is 8.76 Å². The van der Waals surface area contributed by atoms with Gasteiger partial charge in [-0.15, -0.1) is 0 Å². The number of aryl methyl sites for hydroxylation is 2. The zero-order valence-electron chi connectivity index (χ0n) is 7.16.